The van der Waals surface area contributed by atoms with Crippen molar-refractivity contribution in [2.75, 3.05) is 24.2 Å². The van der Waals surface area contributed by atoms with Gasteiger partial charge in [0.2, 0.25) is 5.91 Å². The van der Waals surface area contributed by atoms with Gasteiger partial charge in [-0.3, -0.25) is 4.79 Å². The minimum atomic E-state index is -0.249. The van der Waals surface area contributed by atoms with Gasteiger partial charge in [0.1, 0.15) is 11.9 Å². The van der Waals surface area contributed by atoms with Crippen LogP contribution in [-0.2, 0) is 4.79 Å². The van der Waals surface area contributed by atoms with Crippen LogP contribution < -0.4 is 16.0 Å². The topological polar surface area (TPSA) is 71.2 Å². The smallest absolute Gasteiger partial charge is 0.242 e. The molecule has 0 radical (unpaired) electrons. The van der Waals surface area contributed by atoms with Crippen LogP contribution in [0.2, 0.25) is 10.0 Å². The van der Waals surface area contributed by atoms with Gasteiger partial charge in [-0.25, -0.2) is 4.98 Å². The monoisotopic (exact) mass is 288 g/mol. The van der Waals surface area contributed by atoms with Gasteiger partial charge in [0.15, 0.2) is 5.82 Å². The molecule has 7 heteroatoms. The van der Waals surface area contributed by atoms with Gasteiger partial charge in [-0.2, -0.15) is 0 Å². The largest absolute Gasteiger partial charge is 0.382 e. The Labute approximate surface area is 115 Å². The molecule has 2 heterocycles. The molecule has 2 rings (SSSR count). The number of carbonyl (C=O) groups excluding carboxylic acids is 1. The fourth-order valence-electron chi connectivity index (χ4n) is 2.13. The predicted molar refractivity (Wildman–Crippen MR) is 73.1 cm³/mol. The number of nitrogens with one attached hydrogen (secondary N) is 1. The Hall–Kier alpha value is -1.20. The van der Waals surface area contributed by atoms with Crippen LogP contribution in [0.15, 0.2) is 6.07 Å². The van der Waals surface area contributed by atoms with Crippen molar-refractivity contribution in [1.82, 2.24) is 10.3 Å². The zero-order valence-corrected chi connectivity index (χ0v) is 11.4. The summed E-state index contributed by atoms with van der Waals surface area (Å²) in [6.45, 7) is 0.728. The number of nitrogens with two attached hydrogens (primary N) is 1. The van der Waals surface area contributed by atoms with Crippen molar-refractivity contribution in [3.63, 3.8) is 0 Å². The number of hydrogen-bond acceptors (Lipinski definition) is 4. The Morgan fingerprint density at radius 2 is 2.28 bits per heavy atom. The molecule has 1 aliphatic heterocycles. The summed E-state index contributed by atoms with van der Waals surface area (Å²) in [5.74, 6) is 0.696. The number of amides is 1. The van der Waals surface area contributed by atoms with Crippen molar-refractivity contribution in [2.24, 2.45) is 0 Å². The van der Waals surface area contributed by atoms with E-state index in [1.165, 1.54) is 0 Å². The second-order valence-electron chi connectivity index (χ2n) is 4.13. The van der Waals surface area contributed by atoms with E-state index in [-0.39, 0.29) is 17.8 Å². The van der Waals surface area contributed by atoms with E-state index < -0.39 is 0 Å². The lowest BCUT2D eigenvalue weighted by Gasteiger charge is -2.25. The van der Waals surface area contributed by atoms with Crippen molar-refractivity contribution < 1.29 is 4.79 Å². The molecule has 0 saturated carbocycles. The van der Waals surface area contributed by atoms with E-state index in [4.69, 9.17) is 28.9 Å². The van der Waals surface area contributed by atoms with Crippen LogP contribution in [0, 0.1) is 0 Å². The molecular formula is C11H14Cl2N4O. The second-order valence-corrected chi connectivity index (χ2v) is 4.94. The SMILES string of the molecule is CNC(=O)C1CCCN1c1nc(N)c(Cl)cc1Cl. The predicted octanol–water partition coefficient (Wildman–Crippen LogP) is 1.69. The number of nitrogen functional groups attached to an aromatic ring is 1. The summed E-state index contributed by atoms with van der Waals surface area (Å²) in [6.07, 6.45) is 1.69. The molecule has 5 nitrogen and oxygen atoms in total. The Kier molecular flexibility index (Phi) is 3.82. The van der Waals surface area contributed by atoms with Crippen LogP contribution in [0.25, 0.3) is 0 Å². The van der Waals surface area contributed by atoms with Gasteiger partial charge in [-0.15, -0.1) is 0 Å². The first-order valence-electron chi connectivity index (χ1n) is 5.64. The minimum absolute atomic E-state index is 0.0427. The number of aromatic nitrogens is 1. The zero-order valence-electron chi connectivity index (χ0n) is 9.91. The second kappa shape index (κ2) is 5.20. The quantitative estimate of drug-likeness (QED) is 0.869. The van der Waals surface area contributed by atoms with Gasteiger partial charge in [0.05, 0.1) is 10.0 Å². The third-order valence-electron chi connectivity index (χ3n) is 3.01. The van der Waals surface area contributed by atoms with Gasteiger partial charge in [-0.05, 0) is 18.9 Å². The molecule has 1 unspecified atom stereocenters. The Morgan fingerprint density at radius 1 is 1.56 bits per heavy atom. The molecule has 0 bridgehead atoms. The van der Waals surface area contributed by atoms with Gasteiger partial charge in [0, 0.05) is 13.6 Å². The lowest BCUT2D eigenvalue weighted by atomic mass is 10.2. The number of carbonyl (C=O) groups is 1. The standard InChI is InChI=1S/C11H14Cl2N4O/c1-15-11(18)8-3-2-4-17(8)10-7(13)5-6(12)9(14)16-10/h5,8H,2-4H2,1H3,(H2,14,16)(H,15,18). The molecule has 0 spiro atoms. The summed E-state index contributed by atoms with van der Waals surface area (Å²) in [5.41, 5.74) is 5.68. The fraction of sp³-hybridized carbons (Fsp3) is 0.455. The number of nitrogens with zero attached hydrogens (tertiary/aromatic N) is 2. The van der Waals surface area contributed by atoms with Crippen LogP contribution in [0.3, 0.4) is 0 Å². The van der Waals surface area contributed by atoms with Crippen molar-refractivity contribution in [2.45, 2.75) is 18.9 Å². The molecule has 1 fully saturated rings. The highest BCUT2D eigenvalue weighted by molar-refractivity contribution is 6.37. The van der Waals surface area contributed by atoms with Crippen molar-refractivity contribution in [3.8, 4) is 0 Å². The Morgan fingerprint density at radius 3 is 2.94 bits per heavy atom. The molecule has 1 aromatic heterocycles. The summed E-state index contributed by atoms with van der Waals surface area (Å²) in [6, 6.07) is 1.31. The van der Waals surface area contributed by atoms with Crippen molar-refractivity contribution in [3.05, 3.63) is 16.1 Å². The number of rotatable bonds is 2. The van der Waals surface area contributed by atoms with Crippen LogP contribution in [-0.4, -0.2) is 30.5 Å². The molecule has 1 saturated heterocycles. The van der Waals surface area contributed by atoms with Crippen LogP contribution in [0.5, 0.6) is 0 Å². The van der Waals surface area contributed by atoms with Gasteiger partial charge < -0.3 is 16.0 Å². The molecule has 98 valence electrons. The fourth-order valence-corrected chi connectivity index (χ4v) is 2.60. The third-order valence-corrected chi connectivity index (χ3v) is 3.59. The third kappa shape index (κ3) is 2.33. The van der Waals surface area contributed by atoms with E-state index in [9.17, 15) is 4.79 Å². The molecular weight excluding hydrogens is 275 g/mol. The number of likely N-dealkylation sites (N-methyl/N-ethyl adjacent to an activating group) is 1. The summed E-state index contributed by atoms with van der Waals surface area (Å²) in [7, 11) is 1.62. The van der Waals surface area contributed by atoms with Crippen molar-refractivity contribution >= 4 is 40.7 Å². The van der Waals surface area contributed by atoms with Gasteiger partial charge in [-0.1, -0.05) is 23.2 Å². The van der Waals surface area contributed by atoms with E-state index in [1.807, 2.05) is 4.90 Å². The van der Waals surface area contributed by atoms with Crippen LogP contribution >= 0.6 is 23.2 Å². The summed E-state index contributed by atoms with van der Waals surface area (Å²) < 4.78 is 0. The maximum atomic E-state index is 11.8. The highest BCUT2D eigenvalue weighted by Gasteiger charge is 2.32. The first-order valence-corrected chi connectivity index (χ1v) is 6.40. The van der Waals surface area contributed by atoms with Crippen LogP contribution in [0.4, 0.5) is 11.6 Å². The normalized spacial score (nSPS) is 19.1. The maximum Gasteiger partial charge on any atom is 0.242 e. The highest BCUT2D eigenvalue weighted by atomic mass is 35.5. The molecule has 1 aliphatic rings. The highest BCUT2D eigenvalue weighted by Crippen LogP contribution is 2.34. The molecule has 18 heavy (non-hydrogen) atoms. The van der Waals surface area contributed by atoms with E-state index >= 15 is 0 Å². The average Bonchev–Trinajstić information content (AvgIpc) is 2.81. The van der Waals surface area contributed by atoms with E-state index in [0.717, 1.165) is 19.4 Å². The summed E-state index contributed by atoms with van der Waals surface area (Å²) in [5, 5.41) is 3.37. The first-order chi connectivity index (χ1) is 8.54. The first kappa shape index (κ1) is 13.2. The maximum absolute atomic E-state index is 11.8. The summed E-state index contributed by atoms with van der Waals surface area (Å²) in [4.78, 5) is 17.8. The molecule has 3 N–H and O–H groups in total. The van der Waals surface area contributed by atoms with E-state index in [2.05, 4.69) is 10.3 Å². The lowest BCUT2D eigenvalue weighted by Crippen LogP contribution is -2.42. The zero-order chi connectivity index (χ0) is 13.3. The number of anilines is 2. The number of halogens is 2. The Balaban J connectivity index is 2.36. The van der Waals surface area contributed by atoms with Gasteiger partial charge in [0.25, 0.3) is 0 Å². The molecule has 0 aliphatic carbocycles. The van der Waals surface area contributed by atoms with Crippen molar-refractivity contribution in [1.29, 1.82) is 0 Å². The molecule has 0 aromatic carbocycles. The van der Waals surface area contributed by atoms with E-state index in [0.29, 0.717) is 15.9 Å². The average molecular weight is 289 g/mol. The Bertz CT molecular complexity index is 480. The van der Waals surface area contributed by atoms with Crippen LogP contribution in [0.1, 0.15) is 12.8 Å². The van der Waals surface area contributed by atoms with Gasteiger partial charge >= 0.3 is 0 Å². The molecule has 1 amide bonds. The number of hydrogen-bond donors (Lipinski definition) is 2. The summed E-state index contributed by atoms with van der Waals surface area (Å²) >= 11 is 12.0. The van der Waals surface area contributed by atoms with E-state index in [1.54, 1.807) is 13.1 Å². The molecule has 1 atom stereocenters. The lowest BCUT2D eigenvalue weighted by molar-refractivity contribution is -0.121. The molecule has 1 aromatic rings. The minimum Gasteiger partial charge on any atom is -0.382 e. The number of pyridine rings is 1.